The maximum atomic E-state index is 13.1. The first-order valence-electron chi connectivity index (χ1n) is 43.2. The Morgan fingerprint density at radius 3 is 0.696 bits per heavy atom. The van der Waals surface area contributed by atoms with E-state index in [2.05, 4.69) is 34.6 Å². The molecule has 3 unspecified atom stereocenters. The summed E-state index contributed by atoms with van der Waals surface area (Å²) in [7, 11) is -9.92. The van der Waals surface area contributed by atoms with Crippen molar-refractivity contribution in [2.75, 3.05) is 39.6 Å². The zero-order valence-electron chi connectivity index (χ0n) is 66.8. The fourth-order valence-electron chi connectivity index (χ4n) is 12.9. The van der Waals surface area contributed by atoms with E-state index in [0.717, 1.165) is 95.8 Å². The van der Waals surface area contributed by atoms with Gasteiger partial charge >= 0.3 is 39.5 Å². The Hall–Kier alpha value is -1.94. The predicted octanol–water partition coefficient (Wildman–Crippen LogP) is 25.2. The van der Waals surface area contributed by atoms with Crippen LogP contribution in [0.25, 0.3) is 0 Å². The first kappa shape index (κ1) is 100. The summed E-state index contributed by atoms with van der Waals surface area (Å²) in [6, 6.07) is 0. The molecule has 0 fully saturated rings. The second-order valence-electron chi connectivity index (χ2n) is 30.1. The molecule has 0 radical (unpaired) electrons. The molecule has 0 saturated carbocycles. The summed E-state index contributed by atoms with van der Waals surface area (Å²) in [4.78, 5) is 73.1. The molecule has 0 aliphatic heterocycles. The van der Waals surface area contributed by atoms with E-state index in [9.17, 15) is 43.2 Å². The maximum absolute atomic E-state index is 13.1. The van der Waals surface area contributed by atoms with Crippen LogP contribution in [-0.4, -0.2) is 96.7 Å². The molecule has 0 bridgehead atoms. The lowest BCUT2D eigenvalue weighted by Gasteiger charge is -2.21. The zero-order chi connectivity index (χ0) is 74.8. The highest BCUT2D eigenvalue weighted by molar-refractivity contribution is 7.47. The lowest BCUT2D eigenvalue weighted by atomic mass is 9.99. The SMILES string of the molecule is CCCCCCCCCCCCCCCCCCCC(=O)OC[C@H](COP(=O)(O)OC[C@@H](O)COP(=O)(O)OC[C@@H](COC(=O)CCCCCCCCCCCCC)OC(=O)CCCCCCCCCCCCCC)OC(=O)CCCCCCCCCCCCCCCCCCCCC(C)CC. The second-order valence-corrected chi connectivity index (χ2v) is 33.0. The fourth-order valence-corrected chi connectivity index (χ4v) is 14.5. The third-order valence-corrected chi connectivity index (χ3v) is 21.8. The van der Waals surface area contributed by atoms with Gasteiger partial charge in [-0.25, -0.2) is 9.13 Å². The van der Waals surface area contributed by atoms with Crippen LogP contribution in [0.1, 0.15) is 446 Å². The molecule has 0 aromatic rings. The van der Waals surface area contributed by atoms with E-state index in [4.69, 9.17) is 37.0 Å². The number of unbranched alkanes of at least 4 members (excludes halogenated alkanes) is 54. The molecule has 0 aromatic heterocycles. The van der Waals surface area contributed by atoms with Gasteiger partial charge < -0.3 is 33.8 Å². The highest BCUT2D eigenvalue weighted by atomic mass is 31.2. The van der Waals surface area contributed by atoms with Gasteiger partial charge in [0, 0.05) is 25.7 Å². The van der Waals surface area contributed by atoms with Crippen molar-refractivity contribution in [1.82, 2.24) is 0 Å². The van der Waals surface area contributed by atoms with E-state index in [0.29, 0.717) is 25.7 Å². The highest BCUT2D eigenvalue weighted by Gasteiger charge is 2.30. The quantitative estimate of drug-likeness (QED) is 0.0222. The van der Waals surface area contributed by atoms with Crippen LogP contribution in [0.2, 0.25) is 0 Å². The van der Waals surface area contributed by atoms with Crippen molar-refractivity contribution in [2.45, 2.75) is 464 Å². The molecule has 17 nitrogen and oxygen atoms in total. The molecular formula is C83H162O17P2. The van der Waals surface area contributed by atoms with E-state index in [-0.39, 0.29) is 25.7 Å². The summed E-state index contributed by atoms with van der Waals surface area (Å²) in [5.74, 6) is -1.23. The topological polar surface area (TPSA) is 237 Å². The summed E-state index contributed by atoms with van der Waals surface area (Å²) in [5.41, 5.74) is 0. The molecule has 0 rings (SSSR count). The Labute approximate surface area is 626 Å². The van der Waals surface area contributed by atoms with Crippen molar-refractivity contribution >= 4 is 39.5 Å². The summed E-state index contributed by atoms with van der Waals surface area (Å²) < 4.78 is 68.8. The van der Waals surface area contributed by atoms with Gasteiger partial charge in [0.1, 0.15) is 19.3 Å². The highest BCUT2D eigenvalue weighted by Crippen LogP contribution is 2.45. The van der Waals surface area contributed by atoms with Gasteiger partial charge in [-0.2, -0.15) is 0 Å². The van der Waals surface area contributed by atoms with Crippen LogP contribution in [0.3, 0.4) is 0 Å². The number of rotatable bonds is 83. The Morgan fingerprint density at radius 2 is 0.471 bits per heavy atom. The van der Waals surface area contributed by atoms with Crippen molar-refractivity contribution in [3.8, 4) is 0 Å². The maximum Gasteiger partial charge on any atom is 0.472 e. The predicted molar refractivity (Wildman–Crippen MR) is 418 cm³/mol. The Bertz CT molecular complexity index is 1950. The van der Waals surface area contributed by atoms with Crippen LogP contribution in [0, 0.1) is 5.92 Å². The fraction of sp³-hybridized carbons (Fsp3) is 0.952. The number of carbonyl (C=O) groups is 4. The monoisotopic (exact) mass is 1490 g/mol. The number of ether oxygens (including phenoxy) is 4. The van der Waals surface area contributed by atoms with Gasteiger partial charge in [0.25, 0.3) is 0 Å². The third kappa shape index (κ3) is 74.9. The van der Waals surface area contributed by atoms with Crippen LogP contribution in [0.4, 0.5) is 0 Å². The first-order valence-corrected chi connectivity index (χ1v) is 46.2. The lowest BCUT2D eigenvalue weighted by molar-refractivity contribution is -0.161. The van der Waals surface area contributed by atoms with Gasteiger partial charge in [-0.1, -0.05) is 394 Å². The summed E-state index contributed by atoms with van der Waals surface area (Å²) in [5, 5.41) is 10.6. The smallest absolute Gasteiger partial charge is 0.462 e. The van der Waals surface area contributed by atoms with Crippen molar-refractivity contribution in [3.05, 3.63) is 0 Å². The summed E-state index contributed by atoms with van der Waals surface area (Å²) in [6.07, 6.45) is 67.9. The standard InChI is InChI=1S/C83H162O17P2/c1-6-10-13-16-19-22-25-27-28-31-35-38-43-47-52-57-62-67-81(86)94-73-79(100-83(88)69-64-59-54-49-44-39-36-33-30-29-32-34-37-41-45-50-55-60-65-76(5)9-4)75-98-102(91,92)96-71-77(84)70-95-101(89,90)97-74-78(72-93-80(85)66-61-56-51-46-40-24-21-18-15-12-8-3)99-82(87)68-63-58-53-48-42-26-23-20-17-14-11-7-2/h76-79,84H,6-75H2,1-5H3,(H,89,90)(H,91,92)/t76?,77-,78+,79+/m0/s1. The molecule has 6 atom stereocenters. The van der Waals surface area contributed by atoms with Crippen LogP contribution in [-0.2, 0) is 65.4 Å². The number of esters is 4. The van der Waals surface area contributed by atoms with Crippen molar-refractivity contribution < 1.29 is 80.2 Å². The molecular weight excluding hydrogens is 1330 g/mol. The lowest BCUT2D eigenvalue weighted by Crippen LogP contribution is -2.30. The summed E-state index contributed by atoms with van der Waals surface area (Å²) in [6.45, 7) is 7.41. The van der Waals surface area contributed by atoms with Crippen LogP contribution in [0.15, 0.2) is 0 Å². The molecule has 0 aliphatic rings. The van der Waals surface area contributed by atoms with E-state index < -0.39 is 97.5 Å². The number of phosphoric ester groups is 2. The van der Waals surface area contributed by atoms with Gasteiger partial charge in [-0.3, -0.25) is 37.3 Å². The minimum Gasteiger partial charge on any atom is -0.462 e. The zero-order valence-corrected chi connectivity index (χ0v) is 68.5. The molecule has 3 N–H and O–H groups in total. The molecule has 19 heteroatoms. The van der Waals surface area contributed by atoms with Crippen LogP contribution >= 0.6 is 15.6 Å². The van der Waals surface area contributed by atoms with Gasteiger partial charge in [0.05, 0.1) is 26.4 Å². The van der Waals surface area contributed by atoms with E-state index >= 15 is 0 Å². The van der Waals surface area contributed by atoms with E-state index in [1.54, 1.807) is 0 Å². The molecule has 0 aliphatic carbocycles. The largest absolute Gasteiger partial charge is 0.472 e. The van der Waals surface area contributed by atoms with Crippen LogP contribution < -0.4 is 0 Å². The minimum atomic E-state index is -4.96. The van der Waals surface area contributed by atoms with Crippen LogP contribution in [0.5, 0.6) is 0 Å². The Balaban J connectivity index is 5.21. The Kier molecular flexibility index (Phi) is 74.4. The Morgan fingerprint density at radius 1 is 0.275 bits per heavy atom. The normalized spacial score (nSPS) is 14.1. The molecule has 0 saturated heterocycles. The number of aliphatic hydroxyl groups is 1. The number of hydrogen-bond acceptors (Lipinski definition) is 15. The van der Waals surface area contributed by atoms with E-state index in [1.165, 1.54) is 270 Å². The summed E-state index contributed by atoms with van der Waals surface area (Å²) >= 11 is 0. The molecule has 606 valence electrons. The number of hydrogen-bond donors (Lipinski definition) is 3. The number of carbonyl (C=O) groups excluding carboxylic acids is 4. The van der Waals surface area contributed by atoms with Crippen molar-refractivity contribution in [1.29, 1.82) is 0 Å². The number of phosphoric acid groups is 2. The molecule has 102 heavy (non-hydrogen) atoms. The van der Waals surface area contributed by atoms with Gasteiger partial charge in [-0.05, 0) is 31.6 Å². The molecule has 0 spiro atoms. The minimum absolute atomic E-state index is 0.108. The molecule has 0 heterocycles. The molecule has 0 amide bonds. The molecule has 0 aromatic carbocycles. The first-order chi connectivity index (χ1) is 49.6. The van der Waals surface area contributed by atoms with E-state index in [1.807, 2.05) is 0 Å². The third-order valence-electron chi connectivity index (χ3n) is 19.9. The van der Waals surface area contributed by atoms with Crippen molar-refractivity contribution in [2.24, 2.45) is 5.92 Å². The van der Waals surface area contributed by atoms with Gasteiger partial charge in [-0.15, -0.1) is 0 Å². The average molecular weight is 1490 g/mol. The average Bonchev–Trinajstić information content (AvgIpc) is 0.931. The van der Waals surface area contributed by atoms with Gasteiger partial charge in [0.15, 0.2) is 12.2 Å². The van der Waals surface area contributed by atoms with Crippen molar-refractivity contribution in [3.63, 3.8) is 0 Å². The number of aliphatic hydroxyl groups excluding tert-OH is 1. The second kappa shape index (κ2) is 75.9. The van der Waals surface area contributed by atoms with Gasteiger partial charge in [0.2, 0.25) is 0 Å².